The molecule has 47 heavy (non-hydrogen) atoms. The molecule has 0 aromatic heterocycles. The quantitative estimate of drug-likeness (QED) is 0.196. The van der Waals surface area contributed by atoms with E-state index in [2.05, 4.69) is 5.32 Å². The van der Waals surface area contributed by atoms with Gasteiger partial charge in [0.2, 0.25) is 0 Å². The van der Waals surface area contributed by atoms with Gasteiger partial charge in [0.05, 0.1) is 6.61 Å². The van der Waals surface area contributed by atoms with E-state index in [1.54, 1.807) is 60.7 Å². The highest BCUT2D eigenvalue weighted by atomic mass is 35.5. The second-order valence-electron chi connectivity index (χ2n) is 13.7. The van der Waals surface area contributed by atoms with E-state index in [1.165, 1.54) is 31.4 Å². The second-order valence-corrected chi connectivity index (χ2v) is 14.1. The maximum absolute atomic E-state index is 16.5. The third-order valence-corrected chi connectivity index (χ3v) is 10.8. The fraction of sp³-hybridized carbons (Fsp3) is 0.474. The van der Waals surface area contributed by atoms with Crippen LogP contribution in [0.2, 0.25) is 5.02 Å². The topological polar surface area (TPSA) is 102 Å². The van der Waals surface area contributed by atoms with Crippen LogP contribution in [0.4, 0.5) is 8.78 Å². The summed E-state index contributed by atoms with van der Waals surface area (Å²) in [5.74, 6) is -5.23. The number of fused-ring (bicyclic) bond motifs is 2. The van der Waals surface area contributed by atoms with Crippen molar-refractivity contribution in [2.45, 2.75) is 81.9 Å². The molecule has 6 rings (SSSR count). The fourth-order valence-electron chi connectivity index (χ4n) is 7.95. The van der Waals surface area contributed by atoms with E-state index in [0.29, 0.717) is 41.7 Å². The van der Waals surface area contributed by atoms with Crippen molar-refractivity contribution in [3.05, 3.63) is 88.9 Å². The number of ether oxygens (including phenoxy) is 1. The number of amides is 1. The number of alkyl halides is 2. The summed E-state index contributed by atoms with van der Waals surface area (Å²) in [7, 11) is 0. The van der Waals surface area contributed by atoms with Gasteiger partial charge in [-0.15, -0.1) is 0 Å². The highest BCUT2D eigenvalue weighted by Crippen LogP contribution is 2.49. The molecule has 0 heterocycles. The Morgan fingerprint density at radius 3 is 2.04 bits per heavy atom. The Balaban J connectivity index is 1.21. The number of benzene rings is 3. The number of rotatable bonds is 11. The van der Waals surface area contributed by atoms with Crippen molar-refractivity contribution in [3.8, 4) is 16.9 Å². The lowest BCUT2D eigenvalue weighted by atomic mass is 9.72. The smallest absolute Gasteiger partial charge is 0.300 e. The number of hydrogen-bond acceptors (Lipinski definition) is 5. The van der Waals surface area contributed by atoms with E-state index in [4.69, 9.17) is 22.1 Å². The number of hydrogen-bond donors (Lipinski definition) is 3. The van der Waals surface area contributed by atoms with Gasteiger partial charge in [-0.1, -0.05) is 79.4 Å². The molecule has 0 radical (unpaired) electrons. The lowest BCUT2D eigenvalue weighted by Crippen LogP contribution is -2.56. The lowest BCUT2D eigenvalue weighted by molar-refractivity contribution is -0.148. The van der Waals surface area contributed by atoms with Gasteiger partial charge < -0.3 is 20.9 Å². The summed E-state index contributed by atoms with van der Waals surface area (Å²) in [4.78, 5) is 27.5. The van der Waals surface area contributed by atoms with E-state index < -0.39 is 41.2 Å². The molecule has 6 nitrogen and oxygen atoms in total. The molecular weight excluding hydrogens is 622 g/mol. The molecule has 2 unspecified atom stereocenters. The van der Waals surface area contributed by atoms with E-state index in [-0.39, 0.29) is 23.4 Å². The van der Waals surface area contributed by atoms with E-state index >= 15 is 8.78 Å². The van der Waals surface area contributed by atoms with Crippen LogP contribution in [-0.4, -0.2) is 35.5 Å². The van der Waals surface area contributed by atoms with Gasteiger partial charge in [-0.2, -0.15) is 8.78 Å². The average Bonchev–Trinajstić information content (AvgIpc) is 3.36. The molecule has 3 saturated carbocycles. The normalized spacial score (nSPS) is 24.4. The predicted octanol–water partition coefficient (Wildman–Crippen LogP) is 7.61. The Kier molecular flexibility index (Phi) is 10.3. The zero-order valence-electron chi connectivity index (χ0n) is 26.4. The Hall–Kier alpha value is -3.33. The third kappa shape index (κ3) is 7.55. The van der Waals surface area contributed by atoms with Crippen LogP contribution >= 0.6 is 11.6 Å². The first-order chi connectivity index (χ1) is 22.6. The van der Waals surface area contributed by atoms with Gasteiger partial charge in [0.1, 0.15) is 5.75 Å². The molecule has 2 bridgehead atoms. The average molecular weight is 665 g/mol. The summed E-state index contributed by atoms with van der Waals surface area (Å²) in [6.07, 6.45) is 6.88. The van der Waals surface area contributed by atoms with Crippen molar-refractivity contribution in [2.24, 2.45) is 29.4 Å². The molecule has 0 aliphatic heterocycles. The summed E-state index contributed by atoms with van der Waals surface area (Å²) in [6.45, 7) is 0.607. The van der Waals surface area contributed by atoms with Crippen molar-refractivity contribution < 1.29 is 28.2 Å². The molecule has 3 aromatic carbocycles. The summed E-state index contributed by atoms with van der Waals surface area (Å²) in [6, 6.07) is 16.9. The summed E-state index contributed by atoms with van der Waals surface area (Å²) in [5, 5.41) is 13.9. The molecule has 3 aliphatic carbocycles. The fourth-order valence-corrected chi connectivity index (χ4v) is 8.08. The van der Waals surface area contributed by atoms with Crippen LogP contribution in [0.1, 0.15) is 75.0 Å². The summed E-state index contributed by atoms with van der Waals surface area (Å²) in [5.41, 5.74) is 7.54. The van der Waals surface area contributed by atoms with Gasteiger partial charge in [0.25, 0.3) is 11.8 Å². The van der Waals surface area contributed by atoms with Crippen molar-refractivity contribution >= 4 is 23.3 Å². The van der Waals surface area contributed by atoms with Crippen LogP contribution < -0.4 is 15.8 Å². The highest BCUT2D eigenvalue weighted by Gasteiger charge is 2.54. The first-order valence-electron chi connectivity index (χ1n) is 16.8. The number of aliphatic hydroxyl groups excluding tert-OH is 1. The van der Waals surface area contributed by atoms with Gasteiger partial charge in [-0.25, -0.2) is 0 Å². The number of ketones is 1. The zero-order valence-corrected chi connectivity index (χ0v) is 27.2. The first kappa shape index (κ1) is 33.6. The van der Waals surface area contributed by atoms with Crippen LogP contribution in [0, 0.1) is 23.7 Å². The minimum absolute atomic E-state index is 0.0676. The Morgan fingerprint density at radius 1 is 0.872 bits per heavy atom. The van der Waals surface area contributed by atoms with Crippen LogP contribution in [0.5, 0.6) is 5.75 Å². The number of nitrogens with two attached hydrogens (primary N) is 1. The number of nitrogens with one attached hydrogen (secondary N) is 1. The molecule has 250 valence electrons. The van der Waals surface area contributed by atoms with Crippen LogP contribution in [0.15, 0.2) is 72.8 Å². The maximum Gasteiger partial charge on any atom is 0.300 e. The highest BCUT2D eigenvalue weighted by molar-refractivity contribution is 6.30. The molecular formula is C38H43ClF2N2O4. The van der Waals surface area contributed by atoms with Gasteiger partial charge in [0.15, 0.2) is 17.9 Å². The molecule has 0 saturated heterocycles. The molecule has 3 aromatic rings. The third-order valence-electron chi connectivity index (χ3n) is 10.5. The van der Waals surface area contributed by atoms with E-state index in [0.717, 1.165) is 31.2 Å². The molecule has 3 aliphatic rings. The van der Waals surface area contributed by atoms with Gasteiger partial charge >= 0.3 is 0 Å². The number of halogens is 3. The standard InChI is InChI=1S/C38H43ClF2N2O4/c39-30-16-10-25(11-17-30)24-8-14-29(15-9-24)38(40,41)36(35(45)33-27-6-7-28(33)21-31(42)20-27)43-37(46)34(44)26-12-18-32(19-13-26)47-22-23-4-2-1-3-5-23/h8-19,23,27-28,31,33-34,36,44H,1-7,20-22,42H2,(H,43,46)/t27?,28?,31?,33?,34-,36-/m1/s1. The molecule has 0 spiro atoms. The Morgan fingerprint density at radius 2 is 1.45 bits per heavy atom. The number of carbonyl (C=O) groups excluding carboxylic acids is 2. The van der Waals surface area contributed by atoms with Gasteiger partial charge in [-0.05, 0) is 97.2 Å². The largest absolute Gasteiger partial charge is 0.493 e. The Bertz CT molecular complexity index is 1510. The molecule has 4 atom stereocenters. The van der Waals surface area contributed by atoms with Gasteiger partial charge in [-0.3, -0.25) is 9.59 Å². The maximum atomic E-state index is 16.5. The minimum atomic E-state index is -3.75. The molecule has 4 N–H and O–H groups in total. The number of Topliss-reactive ketones (excluding diaryl/α,β-unsaturated/α-hetero) is 1. The van der Waals surface area contributed by atoms with Crippen LogP contribution in [0.25, 0.3) is 11.1 Å². The number of carbonyl (C=O) groups is 2. The second kappa shape index (κ2) is 14.4. The van der Waals surface area contributed by atoms with Gasteiger partial charge in [0, 0.05) is 22.5 Å². The van der Waals surface area contributed by atoms with Crippen molar-refractivity contribution in [1.82, 2.24) is 5.32 Å². The van der Waals surface area contributed by atoms with E-state index in [9.17, 15) is 14.7 Å². The first-order valence-corrected chi connectivity index (χ1v) is 17.2. The summed E-state index contributed by atoms with van der Waals surface area (Å²) < 4.78 is 38.9. The van der Waals surface area contributed by atoms with E-state index in [1.807, 2.05) is 0 Å². The number of aliphatic hydroxyl groups is 1. The minimum Gasteiger partial charge on any atom is -0.493 e. The van der Waals surface area contributed by atoms with Crippen molar-refractivity contribution in [2.75, 3.05) is 6.61 Å². The van der Waals surface area contributed by atoms with Crippen molar-refractivity contribution in [1.29, 1.82) is 0 Å². The summed E-state index contributed by atoms with van der Waals surface area (Å²) >= 11 is 6.00. The van der Waals surface area contributed by atoms with Crippen LogP contribution in [-0.2, 0) is 15.5 Å². The predicted molar refractivity (Wildman–Crippen MR) is 178 cm³/mol. The van der Waals surface area contributed by atoms with Crippen LogP contribution in [0.3, 0.4) is 0 Å². The molecule has 1 amide bonds. The monoisotopic (exact) mass is 664 g/mol. The molecule has 9 heteroatoms. The lowest BCUT2D eigenvalue weighted by Gasteiger charge is -2.37. The molecule has 3 fully saturated rings. The zero-order chi connectivity index (χ0) is 33.1. The Labute approximate surface area is 280 Å². The SMILES string of the molecule is NC1CC2CCC(C1)C2C(=O)[C@@H](NC(=O)[C@H](O)c1ccc(OCC2CCCCC2)cc1)C(F)(F)c1ccc(-c2ccc(Cl)cc2)cc1. The van der Waals surface area contributed by atoms with Crippen molar-refractivity contribution in [3.63, 3.8) is 0 Å².